The van der Waals surface area contributed by atoms with Crippen molar-refractivity contribution < 1.29 is 9.53 Å². The van der Waals surface area contributed by atoms with Gasteiger partial charge in [0.1, 0.15) is 0 Å². The Bertz CT molecular complexity index is 198. The van der Waals surface area contributed by atoms with Crippen LogP contribution in [-0.4, -0.2) is 30.8 Å². The summed E-state index contributed by atoms with van der Waals surface area (Å²) in [6, 6.07) is 0.0926. The Morgan fingerprint density at radius 2 is 2.29 bits per heavy atom. The Balaban J connectivity index is 2.27. The lowest BCUT2D eigenvalue weighted by Crippen LogP contribution is -2.50. The van der Waals surface area contributed by atoms with Crippen LogP contribution in [0.25, 0.3) is 0 Å². The maximum atomic E-state index is 11.5. The van der Waals surface area contributed by atoms with Crippen molar-refractivity contribution in [2.45, 2.75) is 45.2 Å². The van der Waals surface area contributed by atoms with Crippen LogP contribution in [0.5, 0.6) is 0 Å². The normalized spacial score (nSPS) is 22.1. The van der Waals surface area contributed by atoms with Gasteiger partial charge in [0, 0.05) is 12.1 Å². The van der Waals surface area contributed by atoms with E-state index in [1.807, 2.05) is 13.8 Å². The molecule has 2 amide bonds. The Kier molecular flexibility index (Phi) is 3.75. The Morgan fingerprint density at radius 3 is 2.79 bits per heavy atom. The maximum absolute atomic E-state index is 11.5. The second-order valence-electron chi connectivity index (χ2n) is 4.40. The fraction of sp³-hybridized carbons (Fsp3) is 0.900. The van der Waals surface area contributed by atoms with Gasteiger partial charge in [0.2, 0.25) is 0 Å². The minimum absolute atomic E-state index is 0.0904. The van der Waals surface area contributed by atoms with Crippen LogP contribution in [0.2, 0.25) is 0 Å². The minimum atomic E-state index is -0.135. The summed E-state index contributed by atoms with van der Waals surface area (Å²) in [6.45, 7) is 7.47. The van der Waals surface area contributed by atoms with Gasteiger partial charge in [-0.1, -0.05) is 6.92 Å². The number of amides is 2. The Hall–Kier alpha value is -0.770. The van der Waals surface area contributed by atoms with Crippen molar-refractivity contribution in [3.8, 4) is 0 Å². The molecule has 1 atom stereocenters. The van der Waals surface area contributed by atoms with Crippen molar-refractivity contribution in [1.29, 1.82) is 0 Å². The van der Waals surface area contributed by atoms with Gasteiger partial charge in [0.15, 0.2) is 0 Å². The molecule has 0 aliphatic carbocycles. The summed E-state index contributed by atoms with van der Waals surface area (Å²) >= 11 is 0. The maximum Gasteiger partial charge on any atom is 0.315 e. The van der Waals surface area contributed by atoms with Crippen molar-refractivity contribution in [2.24, 2.45) is 0 Å². The highest BCUT2D eigenvalue weighted by molar-refractivity contribution is 5.75. The fourth-order valence-electron chi connectivity index (χ4n) is 1.27. The van der Waals surface area contributed by atoms with Gasteiger partial charge in [-0.15, -0.1) is 0 Å². The van der Waals surface area contributed by atoms with E-state index in [4.69, 9.17) is 4.74 Å². The van der Waals surface area contributed by atoms with E-state index >= 15 is 0 Å². The average molecular weight is 200 g/mol. The van der Waals surface area contributed by atoms with Crippen LogP contribution in [0, 0.1) is 0 Å². The molecule has 1 unspecified atom stereocenters. The van der Waals surface area contributed by atoms with Gasteiger partial charge in [-0.3, -0.25) is 0 Å². The monoisotopic (exact) mass is 200 g/mol. The molecule has 0 aromatic rings. The summed E-state index contributed by atoms with van der Waals surface area (Å²) in [5, 5.41) is 5.82. The number of hydrogen-bond acceptors (Lipinski definition) is 2. The molecule has 0 aromatic carbocycles. The molecule has 4 nitrogen and oxygen atoms in total. The molecular weight excluding hydrogens is 180 g/mol. The van der Waals surface area contributed by atoms with Gasteiger partial charge in [-0.2, -0.15) is 0 Å². The van der Waals surface area contributed by atoms with Crippen LogP contribution in [-0.2, 0) is 4.74 Å². The molecule has 1 saturated heterocycles. The molecule has 1 aliphatic rings. The first kappa shape index (κ1) is 11.3. The second-order valence-corrected chi connectivity index (χ2v) is 4.40. The molecule has 1 heterocycles. The number of carbonyl (C=O) groups is 1. The highest BCUT2D eigenvalue weighted by Crippen LogP contribution is 2.07. The first-order chi connectivity index (χ1) is 6.53. The number of rotatable bonds is 3. The van der Waals surface area contributed by atoms with E-state index in [9.17, 15) is 4.79 Å². The first-order valence-electron chi connectivity index (χ1n) is 5.20. The van der Waals surface area contributed by atoms with Crippen molar-refractivity contribution in [2.75, 3.05) is 13.2 Å². The van der Waals surface area contributed by atoms with Crippen molar-refractivity contribution in [3.05, 3.63) is 0 Å². The van der Waals surface area contributed by atoms with E-state index in [-0.39, 0.29) is 17.6 Å². The number of ether oxygens (including phenoxy) is 1. The highest BCUT2D eigenvalue weighted by Gasteiger charge is 2.21. The number of nitrogens with one attached hydrogen (secondary N) is 2. The Morgan fingerprint density at radius 1 is 1.57 bits per heavy atom. The first-order valence-corrected chi connectivity index (χ1v) is 5.20. The molecule has 14 heavy (non-hydrogen) atoms. The van der Waals surface area contributed by atoms with E-state index in [0.29, 0.717) is 6.61 Å². The van der Waals surface area contributed by atoms with Crippen LogP contribution < -0.4 is 10.6 Å². The zero-order chi connectivity index (χ0) is 10.6. The topological polar surface area (TPSA) is 50.4 Å². The number of hydrogen-bond donors (Lipinski definition) is 2. The summed E-state index contributed by atoms with van der Waals surface area (Å²) in [4.78, 5) is 11.5. The van der Waals surface area contributed by atoms with Crippen LogP contribution in [0.15, 0.2) is 0 Å². The fourth-order valence-corrected chi connectivity index (χ4v) is 1.27. The van der Waals surface area contributed by atoms with Gasteiger partial charge < -0.3 is 15.4 Å². The molecule has 0 bridgehead atoms. The molecule has 0 spiro atoms. The predicted molar refractivity (Wildman–Crippen MR) is 55.3 cm³/mol. The van der Waals surface area contributed by atoms with Crippen molar-refractivity contribution in [3.63, 3.8) is 0 Å². The zero-order valence-corrected chi connectivity index (χ0v) is 9.22. The second kappa shape index (κ2) is 4.64. The summed E-state index contributed by atoms with van der Waals surface area (Å²) in [7, 11) is 0. The van der Waals surface area contributed by atoms with Gasteiger partial charge in [-0.25, -0.2) is 4.79 Å². The lowest BCUT2D eigenvalue weighted by molar-refractivity contribution is 0.187. The lowest BCUT2D eigenvalue weighted by atomic mass is 10.0. The van der Waals surface area contributed by atoms with Crippen LogP contribution in [0.1, 0.15) is 33.6 Å². The van der Waals surface area contributed by atoms with E-state index in [2.05, 4.69) is 17.6 Å². The van der Waals surface area contributed by atoms with Crippen molar-refractivity contribution in [1.82, 2.24) is 10.6 Å². The third-order valence-corrected chi connectivity index (χ3v) is 2.60. The standard InChI is InChI=1S/C10H20N2O2/c1-4-10(2,3)12-9(13)11-8-5-6-14-7-8/h8H,4-7H2,1-3H3,(H2,11,12,13). The molecule has 1 rings (SSSR count). The lowest BCUT2D eigenvalue weighted by Gasteiger charge is -2.25. The molecular formula is C10H20N2O2. The predicted octanol–water partition coefficient (Wildman–Crippen LogP) is 1.26. The summed E-state index contributed by atoms with van der Waals surface area (Å²) in [6.07, 6.45) is 1.83. The smallest absolute Gasteiger partial charge is 0.315 e. The van der Waals surface area contributed by atoms with Gasteiger partial charge in [0.25, 0.3) is 0 Å². The zero-order valence-electron chi connectivity index (χ0n) is 9.22. The minimum Gasteiger partial charge on any atom is -0.379 e. The number of urea groups is 1. The number of carbonyl (C=O) groups excluding carboxylic acids is 1. The Labute approximate surface area is 85.4 Å². The molecule has 2 N–H and O–H groups in total. The molecule has 1 aliphatic heterocycles. The van der Waals surface area contributed by atoms with E-state index in [1.165, 1.54) is 0 Å². The molecule has 0 radical (unpaired) electrons. The summed E-state index contributed by atoms with van der Waals surface area (Å²) in [5.74, 6) is 0. The van der Waals surface area contributed by atoms with Crippen LogP contribution in [0.4, 0.5) is 4.79 Å². The average Bonchev–Trinajstić information content (AvgIpc) is 2.55. The summed E-state index contributed by atoms with van der Waals surface area (Å²) < 4.78 is 5.17. The molecule has 1 fully saturated rings. The highest BCUT2D eigenvalue weighted by atomic mass is 16.5. The van der Waals surface area contributed by atoms with Gasteiger partial charge in [-0.05, 0) is 26.7 Å². The summed E-state index contributed by atoms with van der Waals surface area (Å²) in [5.41, 5.74) is -0.135. The van der Waals surface area contributed by atoms with Gasteiger partial charge in [0.05, 0.1) is 12.6 Å². The van der Waals surface area contributed by atoms with Crippen LogP contribution in [0.3, 0.4) is 0 Å². The van der Waals surface area contributed by atoms with Crippen LogP contribution >= 0.6 is 0 Å². The van der Waals surface area contributed by atoms with Gasteiger partial charge >= 0.3 is 6.03 Å². The quantitative estimate of drug-likeness (QED) is 0.720. The largest absolute Gasteiger partial charge is 0.379 e. The molecule has 82 valence electrons. The van der Waals surface area contributed by atoms with Crippen molar-refractivity contribution >= 4 is 6.03 Å². The molecule has 0 aromatic heterocycles. The SMILES string of the molecule is CCC(C)(C)NC(=O)NC1CCOC1. The van der Waals surface area contributed by atoms with E-state index < -0.39 is 0 Å². The molecule has 0 saturated carbocycles. The molecule has 4 heteroatoms. The van der Waals surface area contributed by atoms with E-state index in [0.717, 1.165) is 19.4 Å². The van der Waals surface area contributed by atoms with E-state index in [1.54, 1.807) is 0 Å². The third-order valence-electron chi connectivity index (χ3n) is 2.60. The third kappa shape index (κ3) is 3.54.